The van der Waals surface area contributed by atoms with Crippen LogP contribution in [0.2, 0.25) is 0 Å². The van der Waals surface area contributed by atoms with Crippen molar-refractivity contribution in [3.8, 4) is 0 Å². The van der Waals surface area contributed by atoms with E-state index in [0.29, 0.717) is 0 Å². The molecule has 0 aliphatic rings. The van der Waals surface area contributed by atoms with E-state index in [0.717, 1.165) is 0 Å². The zero-order valence-corrected chi connectivity index (χ0v) is 5.79. The van der Waals surface area contributed by atoms with E-state index in [1.807, 2.05) is 0 Å². The maximum atomic E-state index is 8.38. The second-order valence-electron chi connectivity index (χ2n) is 0. The van der Waals surface area contributed by atoms with E-state index in [9.17, 15) is 0 Å². The average Bonchev–Trinajstić information content (AvgIpc) is 1.50. The predicted octanol–water partition coefficient (Wildman–Crippen LogP) is -0.243. The van der Waals surface area contributed by atoms with Crippen molar-refractivity contribution in [1.29, 1.82) is 0 Å². The Morgan fingerprint density at radius 2 is 1.25 bits per heavy atom. The van der Waals surface area contributed by atoms with Crippen LogP contribution in [0.3, 0.4) is 0 Å². The third-order valence-corrected chi connectivity index (χ3v) is 0. The molecule has 0 aromatic rings. The van der Waals surface area contributed by atoms with Gasteiger partial charge in [0.25, 0.3) is 0 Å². The Labute approximate surface area is 52.4 Å². The number of hydrogen-bond donors (Lipinski definition) is 0. The maximum absolute atomic E-state index is 8.38. The van der Waals surface area contributed by atoms with Crippen LogP contribution in [-0.2, 0) is 52.8 Å². The fraction of sp³-hybridized carbons (Fsp3) is 0. The first-order valence-corrected chi connectivity index (χ1v) is 2.03. The van der Waals surface area contributed by atoms with E-state index in [1.54, 1.807) is 15.9 Å². The summed E-state index contributed by atoms with van der Waals surface area (Å²) in [5, 5.41) is 0. The monoisotopic (exact) mass is 176 g/mol. The van der Waals surface area contributed by atoms with Crippen LogP contribution >= 0.6 is 0 Å². The van der Waals surface area contributed by atoms with Crippen LogP contribution in [0.25, 0.3) is 0 Å². The molecule has 0 aliphatic carbocycles. The van der Waals surface area contributed by atoms with Crippen LogP contribution in [0.1, 0.15) is 0 Å². The minimum absolute atomic E-state index is 0.100. The fourth-order valence-electron chi connectivity index (χ4n) is 0. The quantitative estimate of drug-likeness (QED) is 0.477. The first kappa shape index (κ1) is 8.97. The van der Waals surface area contributed by atoms with Gasteiger partial charge in [-0.25, -0.2) is 0 Å². The molecule has 0 aliphatic heterocycles. The molecule has 0 saturated heterocycles. The van der Waals surface area contributed by atoms with Crippen LogP contribution in [0.15, 0.2) is 0 Å². The van der Waals surface area contributed by atoms with Gasteiger partial charge in [0.1, 0.15) is 0 Å². The summed E-state index contributed by atoms with van der Waals surface area (Å²) >= 11 is 1.79. The summed E-state index contributed by atoms with van der Waals surface area (Å²) in [4.78, 5) is 0. The number of hydrogen-bond acceptors (Lipinski definition) is 2. The summed E-state index contributed by atoms with van der Waals surface area (Å²) in [6, 6.07) is 0. The second-order valence-corrected chi connectivity index (χ2v) is 0. The molecule has 0 unspecified atom stereocenters. The van der Waals surface area contributed by atoms with E-state index < -0.39 is 0 Å². The third kappa shape index (κ3) is 10.6. The molecule has 0 radical (unpaired) electrons. The molecule has 0 fully saturated rings. The number of rotatable bonds is 0. The van der Waals surface area contributed by atoms with E-state index in [-0.39, 0.29) is 31.0 Å². The van der Waals surface area contributed by atoms with Gasteiger partial charge in [0.05, 0.1) is 0 Å². The first-order valence-electron chi connectivity index (χ1n) is 0.390. The summed E-state index contributed by atoms with van der Waals surface area (Å²) in [5.41, 5.74) is 0. The summed E-state index contributed by atoms with van der Waals surface area (Å²) in [7, 11) is 0. The van der Waals surface area contributed by atoms with Crippen LogP contribution in [0.4, 0.5) is 0 Å². The zero-order valence-electron chi connectivity index (χ0n) is 1.77. The SMILES string of the molecule is [O]=[Mn].[O]=[Y]. The Balaban J connectivity index is 0. The van der Waals surface area contributed by atoms with Crippen LogP contribution in [0, 0.1) is 0 Å². The molecule has 0 rings (SSSR count). The van der Waals surface area contributed by atoms with Gasteiger partial charge in [-0.2, -0.15) is 0 Å². The van der Waals surface area contributed by atoms with E-state index >= 15 is 0 Å². The molecular weight excluding hydrogens is 176 g/mol. The molecule has 4 heteroatoms. The van der Waals surface area contributed by atoms with Crippen molar-refractivity contribution in [2.75, 3.05) is 0 Å². The Hall–Kier alpha value is 1.22. The van der Waals surface area contributed by atoms with Gasteiger partial charge in [-0.3, -0.25) is 0 Å². The first-order chi connectivity index (χ1) is 2.00. The molecule has 0 saturated carbocycles. The molecule has 22 valence electrons. The Morgan fingerprint density at radius 1 is 1.25 bits per heavy atom. The van der Waals surface area contributed by atoms with Gasteiger partial charge in [-0.05, 0) is 0 Å². The molecule has 0 heterocycles. The molecule has 4 heavy (non-hydrogen) atoms. The summed E-state index contributed by atoms with van der Waals surface area (Å²) in [6.07, 6.45) is 0. The van der Waals surface area contributed by atoms with Gasteiger partial charge in [0.2, 0.25) is 0 Å². The van der Waals surface area contributed by atoms with Crippen molar-refractivity contribution in [1.82, 2.24) is 0 Å². The standard InChI is InChI=1S/Mn.2O.Y. The van der Waals surface area contributed by atoms with Crippen molar-refractivity contribution in [3.63, 3.8) is 0 Å². The summed E-state index contributed by atoms with van der Waals surface area (Å²) < 4.78 is 16.4. The molecule has 0 N–H and O–H groups in total. The zero-order chi connectivity index (χ0) is 4.00. The van der Waals surface area contributed by atoms with E-state index in [4.69, 9.17) is 5.88 Å². The van der Waals surface area contributed by atoms with Gasteiger partial charge in [0, 0.05) is 0 Å². The van der Waals surface area contributed by atoms with Crippen molar-refractivity contribution < 1.29 is 52.8 Å². The van der Waals surface area contributed by atoms with Crippen LogP contribution in [-0.4, -0.2) is 0 Å². The van der Waals surface area contributed by atoms with Crippen molar-refractivity contribution >= 4 is 0 Å². The fourth-order valence-corrected chi connectivity index (χ4v) is 0. The third-order valence-electron chi connectivity index (χ3n) is 0. The Kier molecular flexibility index (Phi) is 65.7. The Bertz CT molecular complexity index is 8.00. The Morgan fingerprint density at radius 3 is 1.25 bits per heavy atom. The van der Waals surface area contributed by atoms with Crippen LogP contribution < -0.4 is 0 Å². The van der Waals surface area contributed by atoms with Crippen LogP contribution in [0.5, 0.6) is 0 Å². The molecule has 0 bridgehead atoms. The van der Waals surface area contributed by atoms with Gasteiger partial charge in [-0.1, -0.05) is 0 Å². The topological polar surface area (TPSA) is 34.1 Å². The molecule has 0 spiro atoms. The minimum atomic E-state index is 0.100. The molecular formula is MnO2Y. The second kappa shape index (κ2) is 29.3. The molecule has 0 amide bonds. The van der Waals surface area contributed by atoms with E-state index in [1.165, 1.54) is 0 Å². The molecule has 2 nitrogen and oxygen atoms in total. The molecule has 0 aromatic carbocycles. The van der Waals surface area contributed by atoms with Gasteiger partial charge < -0.3 is 0 Å². The predicted molar refractivity (Wildman–Crippen MR) is 1.37 cm³/mol. The van der Waals surface area contributed by atoms with E-state index in [2.05, 4.69) is 0 Å². The van der Waals surface area contributed by atoms with Gasteiger partial charge in [-0.15, -0.1) is 0 Å². The van der Waals surface area contributed by atoms with Crippen molar-refractivity contribution in [2.24, 2.45) is 0 Å². The van der Waals surface area contributed by atoms with Gasteiger partial charge >= 0.3 is 52.8 Å². The molecule has 0 aromatic heterocycles. The normalized spacial score (nSPS) is 2.50. The summed E-state index contributed by atoms with van der Waals surface area (Å²) in [6.45, 7) is 0. The van der Waals surface area contributed by atoms with Crippen molar-refractivity contribution in [2.45, 2.75) is 0 Å². The summed E-state index contributed by atoms with van der Waals surface area (Å²) in [5.74, 6) is 0. The van der Waals surface area contributed by atoms with Gasteiger partial charge in [0.15, 0.2) is 0 Å². The molecule has 0 atom stereocenters. The van der Waals surface area contributed by atoms with Crippen molar-refractivity contribution in [3.05, 3.63) is 0 Å². The average molecular weight is 176 g/mol.